The lowest BCUT2D eigenvalue weighted by molar-refractivity contribution is 0.0950. The molecule has 1 amide bonds. The molecule has 2 rings (SSSR count). The van der Waals surface area contributed by atoms with Crippen molar-refractivity contribution in [2.24, 2.45) is 0 Å². The first kappa shape index (κ1) is 8.77. The second-order valence-electron chi connectivity index (χ2n) is 2.59. The van der Waals surface area contributed by atoms with E-state index in [1.54, 1.807) is 6.20 Å². The number of hydrogen-bond donors (Lipinski definition) is 1. The molecule has 0 saturated heterocycles. The molecule has 2 heterocycles. The predicted molar refractivity (Wildman–Crippen MR) is 57.0 cm³/mol. The Kier molecular flexibility index (Phi) is 2.13. The fourth-order valence-electron chi connectivity index (χ4n) is 1.20. The number of hydrogen-bond acceptors (Lipinski definition) is 3. The van der Waals surface area contributed by atoms with E-state index in [0.717, 1.165) is 8.79 Å². The summed E-state index contributed by atoms with van der Waals surface area (Å²) in [5.74, 6) is -0.0185. The van der Waals surface area contributed by atoms with E-state index in [1.807, 2.05) is 11.0 Å². The summed E-state index contributed by atoms with van der Waals surface area (Å²) in [6, 6.07) is 1.82. The highest BCUT2D eigenvalue weighted by molar-refractivity contribution is 9.11. The van der Waals surface area contributed by atoms with E-state index in [1.165, 1.54) is 11.3 Å². The van der Waals surface area contributed by atoms with Crippen LogP contribution in [0.15, 0.2) is 22.6 Å². The number of carbonyl (C=O) groups excluding carboxylic acids is 1. The van der Waals surface area contributed by atoms with E-state index in [2.05, 4.69) is 27.8 Å². The Morgan fingerprint density at radius 1 is 1.77 bits per heavy atom. The number of amides is 1. The lowest BCUT2D eigenvalue weighted by Gasteiger charge is -2.24. The normalized spacial score (nSPS) is 15.2. The Morgan fingerprint density at radius 3 is 3.23 bits per heavy atom. The van der Waals surface area contributed by atoms with E-state index < -0.39 is 0 Å². The summed E-state index contributed by atoms with van der Waals surface area (Å²) in [6.45, 7) is 4.19. The van der Waals surface area contributed by atoms with Crippen LogP contribution in [-0.2, 0) is 0 Å². The van der Waals surface area contributed by atoms with Crippen molar-refractivity contribution in [3.63, 3.8) is 0 Å². The standard InChI is InChI=1S/C8H7BrN2OS/c1-2-11-4-10-7(12)5-3-6(9)13-8(5)11/h2-3H,1,4H2,(H,10,12). The Bertz CT molecular complexity index is 374. The molecule has 1 aromatic rings. The summed E-state index contributed by atoms with van der Waals surface area (Å²) in [5.41, 5.74) is 0.711. The van der Waals surface area contributed by atoms with Crippen LogP contribution in [0.3, 0.4) is 0 Å². The maximum absolute atomic E-state index is 11.4. The molecule has 1 aromatic heterocycles. The highest BCUT2D eigenvalue weighted by atomic mass is 79.9. The molecule has 0 bridgehead atoms. The zero-order valence-electron chi connectivity index (χ0n) is 6.71. The lowest BCUT2D eigenvalue weighted by Crippen LogP contribution is -2.39. The minimum atomic E-state index is -0.0185. The molecular formula is C8H7BrN2OS. The summed E-state index contributed by atoms with van der Waals surface area (Å²) < 4.78 is 0.960. The van der Waals surface area contributed by atoms with Crippen molar-refractivity contribution in [3.8, 4) is 0 Å². The van der Waals surface area contributed by atoms with Crippen molar-refractivity contribution < 1.29 is 4.79 Å². The van der Waals surface area contributed by atoms with Crippen LogP contribution < -0.4 is 10.2 Å². The Labute approximate surface area is 88.2 Å². The Hall–Kier alpha value is -0.810. The molecule has 0 radical (unpaired) electrons. The van der Waals surface area contributed by atoms with Crippen molar-refractivity contribution in [2.75, 3.05) is 11.6 Å². The third-order valence-electron chi connectivity index (χ3n) is 1.82. The molecule has 3 nitrogen and oxygen atoms in total. The molecule has 1 N–H and O–H groups in total. The van der Waals surface area contributed by atoms with Gasteiger partial charge in [-0.05, 0) is 28.2 Å². The van der Waals surface area contributed by atoms with Gasteiger partial charge in [-0.25, -0.2) is 0 Å². The summed E-state index contributed by atoms with van der Waals surface area (Å²) in [7, 11) is 0. The molecule has 0 saturated carbocycles. The van der Waals surface area contributed by atoms with Gasteiger partial charge in [-0.1, -0.05) is 6.58 Å². The van der Waals surface area contributed by atoms with E-state index in [9.17, 15) is 4.79 Å². The number of thiophene rings is 1. The van der Waals surface area contributed by atoms with Crippen LogP contribution in [0.1, 0.15) is 10.4 Å². The van der Waals surface area contributed by atoms with Gasteiger partial charge in [0.25, 0.3) is 5.91 Å². The molecule has 0 fully saturated rings. The topological polar surface area (TPSA) is 32.3 Å². The van der Waals surface area contributed by atoms with Crippen LogP contribution in [0.4, 0.5) is 5.00 Å². The first-order chi connectivity index (χ1) is 6.22. The average Bonchev–Trinajstić information content (AvgIpc) is 2.48. The molecule has 1 aliphatic heterocycles. The number of anilines is 1. The SMILES string of the molecule is C=CN1CNC(=O)c2cc(Br)sc21. The fourth-order valence-corrected chi connectivity index (χ4v) is 2.77. The number of rotatable bonds is 1. The molecule has 5 heteroatoms. The van der Waals surface area contributed by atoms with Gasteiger partial charge in [-0.15, -0.1) is 11.3 Å². The molecular weight excluding hydrogens is 252 g/mol. The number of carbonyl (C=O) groups is 1. The van der Waals surface area contributed by atoms with Crippen LogP contribution in [0.5, 0.6) is 0 Å². The smallest absolute Gasteiger partial charge is 0.255 e. The highest BCUT2D eigenvalue weighted by Crippen LogP contribution is 2.36. The summed E-state index contributed by atoms with van der Waals surface area (Å²) in [4.78, 5) is 13.3. The highest BCUT2D eigenvalue weighted by Gasteiger charge is 2.23. The minimum Gasteiger partial charge on any atom is -0.334 e. The van der Waals surface area contributed by atoms with Gasteiger partial charge in [0.05, 0.1) is 16.0 Å². The summed E-state index contributed by atoms with van der Waals surface area (Å²) in [6.07, 6.45) is 1.71. The summed E-state index contributed by atoms with van der Waals surface area (Å²) in [5, 5.41) is 3.70. The third-order valence-corrected chi connectivity index (χ3v) is 3.49. The predicted octanol–water partition coefficient (Wildman–Crippen LogP) is 2.16. The van der Waals surface area contributed by atoms with E-state index >= 15 is 0 Å². The second-order valence-corrected chi connectivity index (χ2v) is 5.00. The Balaban J connectivity index is 2.53. The van der Waals surface area contributed by atoms with Gasteiger partial charge in [-0.3, -0.25) is 4.79 Å². The first-order valence-electron chi connectivity index (χ1n) is 3.69. The van der Waals surface area contributed by atoms with Crippen LogP contribution in [0, 0.1) is 0 Å². The fraction of sp³-hybridized carbons (Fsp3) is 0.125. The van der Waals surface area contributed by atoms with Gasteiger partial charge < -0.3 is 10.2 Å². The number of nitrogens with zero attached hydrogens (tertiary/aromatic N) is 1. The monoisotopic (exact) mass is 258 g/mol. The van der Waals surface area contributed by atoms with Crippen LogP contribution >= 0.6 is 27.3 Å². The molecule has 0 atom stereocenters. The first-order valence-corrected chi connectivity index (χ1v) is 5.30. The summed E-state index contributed by atoms with van der Waals surface area (Å²) >= 11 is 4.89. The van der Waals surface area contributed by atoms with Crippen molar-refractivity contribution in [3.05, 3.63) is 28.2 Å². The molecule has 68 valence electrons. The van der Waals surface area contributed by atoms with Crippen LogP contribution in [0.2, 0.25) is 0 Å². The molecule has 0 aromatic carbocycles. The van der Waals surface area contributed by atoms with E-state index in [0.29, 0.717) is 12.2 Å². The van der Waals surface area contributed by atoms with Crippen LogP contribution in [-0.4, -0.2) is 12.6 Å². The minimum absolute atomic E-state index is 0.0185. The van der Waals surface area contributed by atoms with Crippen molar-refractivity contribution >= 4 is 38.2 Å². The van der Waals surface area contributed by atoms with Crippen LogP contribution in [0.25, 0.3) is 0 Å². The van der Waals surface area contributed by atoms with Crippen molar-refractivity contribution in [1.82, 2.24) is 5.32 Å². The van der Waals surface area contributed by atoms with Crippen molar-refractivity contribution in [2.45, 2.75) is 0 Å². The van der Waals surface area contributed by atoms with Gasteiger partial charge in [0.2, 0.25) is 0 Å². The molecule has 0 unspecified atom stereocenters. The molecule has 1 aliphatic rings. The number of halogens is 1. The number of nitrogens with one attached hydrogen (secondary N) is 1. The zero-order valence-corrected chi connectivity index (χ0v) is 9.11. The third kappa shape index (κ3) is 1.38. The Morgan fingerprint density at radius 2 is 2.54 bits per heavy atom. The zero-order chi connectivity index (χ0) is 9.42. The van der Waals surface area contributed by atoms with E-state index in [4.69, 9.17) is 0 Å². The maximum Gasteiger partial charge on any atom is 0.255 e. The molecule has 0 spiro atoms. The van der Waals surface area contributed by atoms with Gasteiger partial charge in [-0.2, -0.15) is 0 Å². The number of fused-ring (bicyclic) bond motifs is 1. The largest absolute Gasteiger partial charge is 0.334 e. The average molecular weight is 259 g/mol. The van der Waals surface area contributed by atoms with Gasteiger partial charge in [0.1, 0.15) is 5.00 Å². The van der Waals surface area contributed by atoms with Gasteiger partial charge >= 0.3 is 0 Å². The quantitative estimate of drug-likeness (QED) is 0.838. The lowest BCUT2D eigenvalue weighted by atomic mass is 10.2. The second kappa shape index (κ2) is 3.16. The molecule has 0 aliphatic carbocycles. The molecule has 13 heavy (non-hydrogen) atoms. The van der Waals surface area contributed by atoms with Crippen molar-refractivity contribution in [1.29, 1.82) is 0 Å². The van der Waals surface area contributed by atoms with Gasteiger partial charge in [0, 0.05) is 0 Å². The van der Waals surface area contributed by atoms with E-state index in [-0.39, 0.29) is 5.91 Å². The van der Waals surface area contributed by atoms with Gasteiger partial charge in [0.15, 0.2) is 0 Å². The maximum atomic E-state index is 11.4.